The maximum absolute atomic E-state index is 11.3. The molecule has 3 atom stereocenters. The number of hydrogen-bond donors (Lipinski definition) is 2. The van der Waals surface area contributed by atoms with Crippen LogP contribution in [0.15, 0.2) is 0 Å². The average Bonchev–Trinajstić information content (AvgIpc) is 2.86. The predicted molar refractivity (Wildman–Crippen MR) is 81.1 cm³/mol. The van der Waals surface area contributed by atoms with Gasteiger partial charge in [-0.3, -0.25) is 4.79 Å². The Morgan fingerprint density at radius 3 is 2.25 bits per heavy atom. The molecule has 3 fully saturated rings. The van der Waals surface area contributed by atoms with Gasteiger partial charge >= 0.3 is 0 Å². The molecule has 0 aromatic carbocycles. The Balaban J connectivity index is 1.63. The molecule has 1 amide bonds. The highest BCUT2D eigenvalue weighted by atomic mass is 16.1. The quantitative estimate of drug-likeness (QED) is 0.834. The van der Waals surface area contributed by atoms with Crippen molar-refractivity contribution >= 4 is 5.91 Å². The van der Waals surface area contributed by atoms with E-state index in [1.165, 1.54) is 19.3 Å². The molecular formula is C17H30N2O. The second-order valence-electron chi connectivity index (χ2n) is 8.47. The fourth-order valence-corrected chi connectivity index (χ4v) is 5.50. The number of carbonyl (C=O) groups excluding carboxylic acids is 1. The van der Waals surface area contributed by atoms with Crippen LogP contribution in [0.1, 0.15) is 65.7 Å². The minimum atomic E-state index is -0.101. The average molecular weight is 278 g/mol. The molecule has 3 rings (SSSR count). The van der Waals surface area contributed by atoms with Crippen LogP contribution >= 0.6 is 0 Å². The molecule has 0 aliphatic heterocycles. The van der Waals surface area contributed by atoms with Gasteiger partial charge in [-0.1, -0.05) is 20.8 Å². The monoisotopic (exact) mass is 278 g/mol. The number of carbonyl (C=O) groups is 1. The van der Waals surface area contributed by atoms with Crippen LogP contribution < -0.4 is 11.1 Å². The van der Waals surface area contributed by atoms with Crippen LogP contribution in [0.3, 0.4) is 0 Å². The molecule has 0 spiro atoms. The number of rotatable bonds is 3. The third-order valence-corrected chi connectivity index (χ3v) is 6.80. The van der Waals surface area contributed by atoms with Crippen LogP contribution in [-0.4, -0.2) is 18.0 Å². The lowest BCUT2D eigenvalue weighted by Gasteiger charge is -2.46. The van der Waals surface area contributed by atoms with E-state index in [-0.39, 0.29) is 11.8 Å². The fraction of sp³-hybridized carbons (Fsp3) is 0.941. The molecule has 3 heteroatoms. The number of fused-ring (bicyclic) bond motifs is 2. The summed E-state index contributed by atoms with van der Waals surface area (Å²) in [6.45, 7) is 7.39. The molecule has 0 saturated heterocycles. The van der Waals surface area contributed by atoms with Gasteiger partial charge in [0.05, 0.1) is 0 Å². The minimum absolute atomic E-state index is 0.101. The second-order valence-corrected chi connectivity index (χ2v) is 8.47. The fourth-order valence-electron chi connectivity index (χ4n) is 5.50. The highest BCUT2D eigenvalue weighted by Crippen LogP contribution is 2.62. The van der Waals surface area contributed by atoms with Gasteiger partial charge in [-0.15, -0.1) is 0 Å². The lowest BCUT2D eigenvalue weighted by molar-refractivity contribution is -0.122. The van der Waals surface area contributed by atoms with Crippen molar-refractivity contribution in [1.29, 1.82) is 0 Å². The number of nitrogens with two attached hydrogens (primary N) is 1. The van der Waals surface area contributed by atoms with Crippen LogP contribution in [0.5, 0.6) is 0 Å². The summed E-state index contributed by atoms with van der Waals surface area (Å²) in [5, 5.41) is 3.99. The van der Waals surface area contributed by atoms with Crippen LogP contribution in [0, 0.1) is 22.7 Å². The van der Waals surface area contributed by atoms with Gasteiger partial charge in [0.15, 0.2) is 0 Å². The Labute approximate surface area is 123 Å². The summed E-state index contributed by atoms with van der Waals surface area (Å²) in [7, 11) is 0. The van der Waals surface area contributed by atoms with Crippen molar-refractivity contribution in [2.75, 3.05) is 0 Å². The van der Waals surface area contributed by atoms with E-state index in [0.29, 0.717) is 22.9 Å². The molecule has 2 bridgehead atoms. The molecule has 20 heavy (non-hydrogen) atoms. The maximum Gasteiger partial charge on any atom is 0.220 e. The first-order valence-corrected chi connectivity index (χ1v) is 8.38. The lowest BCUT2D eigenvalue weighted by Crippen LogP contribution is -2.54. The Hall–Kier alpha value is -0.570. The summed E-state index contributed by atoms with van der Waals surface area (Å²) in [5.74, 6) is 0.916. The standard InChI is InChI=1S/C17H30N2O/c1-16(2)12-8-9-17(3,10-12)15(16)19-13-6-4-11(5-7-13)14(18)20/h11-13,15,19H,4-10H2,1-3H3,(H2,18,20). The highest BCUT2D eigenvalue weighted by molar-refractivity contribution is 5.76. The zero-order valence-corrected chi connectivity index (χ0v) is 13.2. The van der Waals surface area contributed by atoms with Crippen molar-refractivity contribution in [2.45, 2.75) is 77.8 Å². The van der Waals surface area contributed by atoms with Gasteiger partial charge in [0.2, 0.25) is 5.91 Å². The van der Waals surface area contributed by atoms with Crippen LogP contribution in [0.25, 0.3) is 0 Å². The third-order valence-electron chi connectivity index (χ3n) is 6.80. The first-order valence-electron chi connectivity index (χ1n) is 8.38. The first kappa shape index (κ1) is 14.4. The summed E-state index contributed by atoms with van der Waals surface area (Å²) in [6, 6.07) is 1.23. The second kappa shape index (κ2) is 4.72. The number of primary amides is 1. The molecule has 0 heterocycles. The smallest absolute Gasteiger partial charge is 0.220 e. The summed E-state index contributed by atoms with van der Waals surface area (Å²) < 4.78 is 0. The van der Waals surface area contributed by atoms with Crippen molar-refractivity contribution in [3.05, 3.63) is 0 Å². The molecule has 3 nitrogen and oxygen atoms in total. The molecule has 0 radical (unpaired) electrons. The number of hydrogen-bond acceptors (Lipinski definition) is 2. The number of nitrogens with one attached hydrogen (secondary N) is 1. The first-order chi connectivity index (χ1) is 9.33. The maximum atomic E-state index is 11.3. The van der Waals surface area contributed by atoms with E-state index >= 15 is 0 Å². The zero-order chi connectivity index (χ0) is 14.5. The molecule has 3 aliphatic carbocycles. The lowest BCUT2D eigenvalue weighted by atomic mass is 9.68. The van der Waals surface area contributed by atoms with E-state index in [0.717, 1.165) is 31.6 Å². The summed E-state index contributed by atoms with van der Waals surface area (Å²) in [6.07, 6.45) is 8.36. The van der Waals surface area contributed by atoms with E-state index < -0.39 is 0 Å². The summed E-state index contributed by atoms with van der Waals surface area (Å²) in [5.41, 5.74) is 6.35. The molecule has 114 valence electrons. The van der Waals surface area contributed by atoms with E-state index in [9.17, 15) is 4.79 Å². The Bertz CT molecular complexity index is 393. The minimum Gasteiger partial charge on any atom is -0.369 e. The van der Waals surface area contributed by atoms with Gasteiger partial charge in [0.1, 0.15) is 0 Å². The SMILES string of the molecule is CC12CCC(C1)C(C)(C)C2NC1CCC(C(N)=O)CC1. The normalized spacial score (nSPS) is 46.5. The molecule has 0 aromatic rings. The van der Waals surface area contributed by atoms with Gasteiger partial charge in [-0.05, 0) is 61.7 Å². The predicted octanol–water partition coefficient (Wildman–Crippen LogP) is 2.83. The molecule has 3 unspecified atom stereocenters. The topological polar surface area (TPSA) is 55.1 Å². The van der Waals surface area contributed by atoms with E-state index in [1.807, 2.05) is 0 Å². The van der Waals surface area contributed by atoms with Crippen molar-refractivity contribution in [3.8, 4) is 0 Å². The highest BCUT2D eigenvalue weighted by Gasteiger charge is 2.59. The molecule has 3 aliphatic rings. The molecule has 3 saturated carbocycles. The van der Waals surface area contributed by atoms with Gasteiger partial charge in [-0.2, -0.15) is 0 Å². The molecule has 0 aromatic heterocycles. The van der Waals surface area contributed by atoms with Gasteiger partial charge in [0, 0.05) is 18.0 Å². The van der Waals surface area contributed by atoms with Crippen molar-refractivity contribution < 1.29 is 4.79 Å². The van der Waals surface area contributed by atoms with E-state index in [4.69, 9.17) is 5.73 Å². The Morgan fingerprint density at radius 1 is 1.10 bits per heavy atom. The van der Waals surface area contributed by atoms with Gasteiger partial charge < -0.3 is 11.1 Å². The Kier molecular flexibility index (Phi) is 3.39. The van der Waals surface area contributed by atoms with Crippen LogP contribution in [0.4, 0.5) is 0 Å². The Morgan fingerprint density at radius 2 is 1.75 bits per heavy atom. The largest absolute Gasteiger partial charge is 0.369 e. The van der Waals surface area contributed by atoms with Crippen LogP contribution in [-0.2, 0) is 4.79 Å². The van der Waals surface area contributed by atoms with E-state index in [1.54, 1.807) is 0 Å². The third kappa shape index (κ3) is 2.18. The van der Waals surface area contributed by atoms with E-state index in [2.05, 4.69) is 26.1 Å². The van der Waals surface area contributed by atoms with Crippen molar-refractivity contribution in [2.24, 2.45) is 28.4 Å². The summed E-state index contributed by atoms with van der Waals surface area (Å²) >= 11 is 0. The number of amides is 1. The molecule has 3 N–H and O–H groups in total. The van der Waals surface area contributed by atoms with Gasteiger partial charge in [0.25, 0.3) is 0 Å². The zero-order valence-electron chi connectivity index (χ0n) is 13.2. The summed E-state index contributed by atoms with van der Waals surface area (Å²) in [4.78, 5) is 11.3. The van der Waals surface area contributed by atoms with Crippen molar-refractivity contribution in [1.82, 2.24) is 5.32 Å². The van der Waals surface area contributed by atoms with Crippen molar-refractivity contribution in [3.63, 3.8) is 0 Å². The van der Waals surface area contributed by atoms with Gasteiger partial charge in [-0.25, -0.2) is 0 Å². The van der Waals surface area contributed by atoms with Crippen LogP contribution in [0.2, 0.25) is 0 Å². The molecular weight excluding hydrogens is 248 g/mol.